The van der Waals surface area contributed by atoms with Gasteiger partial charge < -0.3 is 15.5 Å². The van der Waals surface area contributed by atoms with Crippen LogP contribution in [0.5, 0.6) is 5.88 Å². The molecule has 0 aliphatic rings. The number of benzene rings is 1. The zero-order chi connectivity index (χ0) is 22.7. The molecule has 164 valence electrons. The van der Waals surface area contributed by atoms with E-state index in [1.54, 1.807) is 12.1 Å². The van der Waals surface area contributed by atoms with Crippen molar-refractivity contribution in [3.05, 3.63) is 42.6 Å². The number of hydrogen-bond acceptors (Lipinski definition) is 9. The van der Waals surface area contributed by atoms with Crippen LogP contribution >= 0.6 is 11.8 Å². The average molecular weight is 454 g/mol. The Hall–Kier alpha value is -3.80. The molecule has 0 saturated heterocycles. The van der Waals surface area contributed by atoms with Gasteiger partial charge in [0.2, 0.25) is 23.7 Å². The number of fused-ring (bicyclic) bond motifs is 1. The Bertz CT molecular complexity index is 1260. The van der Waals surface area contributed by atoms with Crippen molar-refractivity contribution in [1.82, 2.24) is 29.9 Å². The third kappa shape index (κ3) is 4.44. The van der Waals surface area contributed by atoms with Crippen molar-refractivity contribution in [1.29, 1.82) is 0 Å². The fourth-order valence-corrected chi connectivity index (χ4v) is 3.98. The lowest BCUT2D eigenvalue weighted by Gasteiger charge is -2.15. The number of nitrogens with two attached hydrogens (primary N) is 1. The second-order valence-electron chi connectivity index (χ2n) is 6.62. The lowest BCUT2D eigenvalue weighted by molar-refractivity contribution is -0.115. The number of amides is 1. The Balaban J connectivity index is 1.54. The van der Waals surface area contributed by atoms with Gasteiger partial charge in [-0.05, 0) is 24.1 Å². The summed E-state index contributed by atoms with van der Waals surface area (Å²) in [5.41, 5.74) is 8.06. The maximum absolute atomic E-state index is 13.2. The minimum atomic E-state index is -0.498. The first-order valence-corrected chi connectivity index (χ1v) is 10.5. The molecule has 1 amide bonds. The highest BCUT2D eigenvalue weighted by Crippen LogP contribution is 2.31. The molecule has 0 spiro atoms. The predicted octanol–water partition coefficient (Wildman–Crippen LogP) is 3.05. The van der Waals surface area contributed by atoms with E-state index in [1.165, 1.54) is 43.5 Å². The Labute approximate surface area is 186 Å². The summed E-state index contributed by atoms with van der Waals surface area (Å²) in [6.45, 7) is 1.88. The van der Waals surface area contributed by atoms with Gasteiger partial charge in [-0.3, -0.25) is 10.1 Å². The molecule has 0 aliphatic heterocycles. The second kappa shape index (κ2) is 9.14. The number of anilines is 2. The summed E-state index contributed by atoms with van der Waals surface area (Å²) in [7, 11) is 1.46. The summed E-state index contributed by atoms with van der Waals surface area (Å²) in [5, 5.41) is 2.74. The molecule has 3 aromatic heterocycles. The SMILES string of the molecule is CC[C@H](Sc1nc(N)nc2nc[nH]c12)C(=O)Nc1ncc(-c2ccc(F)cc2)c(OC)n1. The molecule has 0 bridgehead atoms. The van der Waals surface area contributed by atoms with Crippen LogP contribution in [0.4, 0.5) is 16.3 Å². The number of aromatic amines is 1. The van der Waals surface area contributed by atoms with Crippen molar-refractivity contribution in [2.24, 2.45) is 0 Å². The Morgan fingerprint density at radius 2 is 2.03 bits per heavy atom. The summed E-state index contributed by atoms with van der Waals surface area (Å²) in [5.74, 6) is -0.236. The van der Waals surface area contributed by atoms with E-state index in [1.807, 2.05) is 6.92 Å². The maximum Gasteiger partial charge on any atom is 0.240 e. The van der Waals surface area contributed by atoms with Gasteiger partial charge in [0.05, 0.1) is 24.3 Å². The molecular formula is C20H19FN8O2S. The number of methoxy groups -OCH3 is 1. The molecule has 32 heavy (non-hydrogen) atoms. The van der Waals surface area contributed by atoms with Gasteiger partial charge in [-0.15, -0.1) is 0 Å². The van der Waals surface area contributed by atoms with Crippen LogP contribution in [0.25, 0.3) is 22.3 Å². The van der Waals surface area contributed by atoms with E-state index in [9.17, 15) is 9.18 Å². The lowest BCUT2D eigenvalue weighted by atomic mass is 10.1. The number of thioether (sulfide) groups is 1. The van der Waals surface area contributed by atoms with E-state index < -0.39 is 5.25 Å². The van der Waals surface area contributed by atoms with Crippen molar-refractivity contribution in [3.8, 4) is 17.0 Å². The Morgan fingerprint density at radius 3 is 2.75 bits per heavy atom. The molecule has 0 saturated carbocycles. The highest BCUT2D eigenvalue weighted by atomic mass is 32.2. The van der Waals surface area contributed by atoms with Crippen molar-refractivity contribution in [2.45, 2.75) is 23.6 Å². The summed E-state index contributed by atoms with van der Waals surface area (Å²) in [6.07, 6.45) is 3.52. The number of imidazole rings is 1. The number of halogens is 1. The first-order valence-electron chi connectivity index (χ1n) is 9.59. The first-order chi connectivity index (χ1) is 15.5. The number of rotatable bonds is 7. The highest BCUT2D eigenvalue weighted by Gasteiger charge is 2.23. The number of hydrogen-bond donors (Lipinski definition) is 3. The molecule has 10 nitrogen and oxygen atoms in total. The zero-order valence-corrected chi connectivity index (χ0v) is 18.0. The van der Waals surface area contributed by atoms with Crippen LogP contribution in [0.15, 0.2) is 41.8 Å². The van der Waals surface area contributed by atoms with Crippen LogP contribution < -0.4 is 15.8 Å². The van der Waals surface area contributed by atoms with Gasteiger partial charge in [0.1, 0.15) is 16.4 Å². The van der Waals surface area contributed by atoms with E-state index in [0.29, 0.717) is 33.7 Å². The maximum atomic E-state index is 13.2. The molecule has 12 heteroatoms. The number of carbonyl (C=O) groups excluding carboxylic acids is 1. The zero-order valence-electron chi connectivity index (χ0n) is 17.2. The van der Waals surface area contributed by atoms with Gasteiger partial charge in [-0.1, -0.05) is 30.8 Å². The van der Waals surface area contributed by atoms with Crippen molar-refractivity contribution in [2.75, 3.05) is 18.2 Å². The normalized spacial score (nSPS) is 12.0. The number of carbonyl (C=O) groups is 1. The molecule has 1 aromatic carbocycles. The number of nitrogens with one attached hydrogen (secondary N) is 2. The number of nitrogen functional groups attached to an aromatic ring is 1. The average Bonchev–Trinajstić information content (AvgIpc) is 3.26. The molecule has 0 radical (unpaired) electrons. The molecule has 4 rings (SSSR count). The van der Waals surface area contributed by atoms with Crippen LogP contribution in [-0.4, -0.2) is 48.2 Å². The van der Waals surface area contributed by atoms with Gasteiger partial charge in [0.15, 0.2) is 5.65 Å². The van der Waals surface area contributed by atoms with E-state index in [0.717, 1.165) is 0 Å². The minimum absolute atomic E-state index is 0.0758. The molecule has 0 unspecified atom stereocenters. The second-order valence-corrected chi connectivity index (χ2v) is 7.81. The monoisotopic (exact) mass is 454 g/mol. The fraction of sp³-hybridized carbons (Fsp3) is 0.200. The van der Waals surface area contributed by atoms with Gasteiger partial charge >= 0.3 is 0 Å². The summed E-state index contributed by atoms with van der Waals surface area (Å²) < 4.78 is 18.6. The molecule has 0 fully saturated rings. The highest BCUT2D eigenvalue weighted by molar-refractivity contribution is 8.00. The summed E-state index contributed by atoms with van der Waals surface area (Å²) in [6, 6.07) is 5.87. The predicted molar refractivity (Wildman–Crippen MR) is 119 cm³/mol. The summed E-state index contributed by atoms with van der Waals surface area (Å²) >= 11 is 1.24. The van der Waals surface area contributed by atoms with Crippen LogP contribution in [-0.2, 0) is 4.79 Å². The number of H-pyrrole nitrogens is 1. The Kier molecular flexibility index (Phi) is 6.12. The van der Waals surface area contributed by atoms with E-state index >= 15 is 0 Å². The molecule has 1 atom stereocenters. The molecule has 4 N–H and O–H groups in total. The van der Waals surface area contributed by atoms with Crippen LogP contribution in [0.1, 0.15) is 13.3 Å². The largest absolute Gasteiger partial charge is 0.480 e. The number of ether oxygens (including phenoxy) is 1. The number of aromatic nitrogens is 6. The van der Waals surface area contributed by atoms with Crippen molar-refractivity contribution >= 4 is 40.7 Å². The van der Waals surface area contributed by atoms with Crippen molar-refractivity contribution < 1.29 is 13.9 Å². The van der Waals surface area contributed by atoms with Gasteiger partial charge in [0, 0.05) is 6.20 Å². The first kappa shape index (κ1) is 21.4. The van der Waals surface area contributed by atoms with Crippen LogP contribution in [0, 0.1) is 5.82 Å². The summed E-state index contributed by atoms with van der Waals surface area (Å²) in [4.78, 5) is 36.7. The molecule has 3 heterocycles. The smallest absolute Gasteiger partial charge is 0.240 e. The van der Waals surface area contributed by atoms with Gasteiger partial charge in [-0.2, -0.15) is 9.97 Å². The van der Waals surface area contributed by atoms with Crippen LogP contribution in [0.2, 0.25) is 0 Å². The Morgan fingerprint density at radius 1 is 1.25 bits per heavy atom. The van der Waals surface area contributed by atoms with Crippen molar-refractivity contribution in [3.63, 3.8) is 0 Å². The standard InChI is InChI=1S/C20H19FN8O2S/c1-3-13(32-18-14-15(25-9-24-14)26-19(22)29-18)16(30)27-20-23-8-12(17(28-20)31-2)10-4-6-11(21)7-5-10/h4-9,13H,3H2,1-2H3,(H,23,27,28,30)(H3,22,24,25,26,29)/t13-/m0/s1. The molecule has 4 aromatic rings. The van der Waals surface area contributed by atoms with Gasteiger partial charge in [0.25, 0.3) is 0 Å². The number of nitrogens with zero attached hydrogens (tertiary/aromatic N) is 5. The van der Waals surface area contributed by atoms with E-state index in [4.69, 9.17) is 10.5 Å². The molecule has 0 aliphatic carbocycles. The van der Waals surface area contributed by atoms with E-state index in [2.05, 4.69) is 35.2 Å². The van der Waals surface area contributed by atoms with E-state index in [-0.39, 0.29) is 29.5 Å². The minimum Gasteiger partial charge on any atom is -0.480 e. The topological polar surface area (TPSA) is 145 Å². The fourth-order valence-electron chi connectivity index (χ4n) is 2.97. The van der Waals surface area contributed by atoms with Crippen LogP contribution in [0.3, 0.4) is 0 Å². The quantitative estimate of drug-likeness (QED) is 0.283. The lowest BCUT2D eigenvalue weighted by Crippen LogP contribution is -2.26. The van der Waals surface area contributed by atoms with Gasteiger partial charge in [-0.25, -0.2) is 19.3 Å². The molecular weight excluding hydrogens is 435 g/mol. The third-order valence-electron chi connectivity index (χ3n) is 4.52. The third-order valence-corrected chi connectivity index (χ3v) is 5.87.